The molecule has 0 aliphatic carbocycles. The summed E-state index contributed by atoms with van der Waals surface area (Å²) in [5.74, 6) is 0.426. The van der Waals surface area contributed by atoms with Crippen molar-refractivity contribution in [3.63, 3.8) is 0 Å². The Kier molecular flexibility index (Phi) is 3.96. The normalized spacial score (nSPS) is 11.0. The number of carbonyl (C=O) groups excluding carboxylic acids is 1. The molecule has 7 heteroatoms. The quantitative estimate of drug-likeness (QED) is 0.616. The highest BCUT2D eigenvalue weighted by Crippen LogP contribution is 2.14. The number of nitrogens with one attached hydrogen (secondary N) is 1. The molecule has 0 bridgehead atoms. The van der Waals surface area contributed by atoms with Gasteiger partial charge < -0.3 is 5.32 Å². The van der Waals surface area contributed by atoms with E-state index in [4.69, 9.17) is 0 Å². The monoisotopic (exact) mass is 346 g/mol. The number of aryl methyl sites for hydroxylation is 2. The zero-order valence-corrected chi connectivity index (χ0v) is 14.5. The van der Waals surface area contributed by atoms with E-state index in [2.05, 4.69) is 20.4 Å². The van der Waals surface area contributed by atoms with Gasteiger partial charge in [-0.15, -0.1) is 0 Å². The van der Waals surface area contributed by atoms with Crippen LogP contribution in [0.15, 0.2) is 55.1 Å². The van der Waals surface area contributed by atoms with E-state index < -0.39 is 0 Å². The summed E-state index contributed by atoms with van der Waals surface area (Å²) in [5, 5.41) is 7.37. The molecule has 0 fully saturated rings. The molecule has 3 aromatic heterocycles. The second-order valence-electron chi connectivity index (χ2n) is 6.19. The van der Waals surface area contributed by atoms with E-state index in [-0.39, 0.29) is 5.91 Å². The van der Waals surface area contributed by atoms with Gasteiger partial charge in [-0.2, -0.15) is 5.10 Å². The molecule has 0 saturated carbocycles. The fraction of sp³-hybridized carbons (Fsp3) is 0.158. The van der Waals surface area contributed by atoms with Crippen LogP contribution in [-0.2, 0) is 6.54 Å². The maximum atomic E-state index is 12.6. The van der Waals surface area contributed by atoms with Crippen LogP contribution in [0, 0.1) is 13.8 Å². The Morgan fingerprint density at radius 2 is 2.08 bits per heavy atom. The molecule has 4 aromatic rings. The van der Waals surface area contributed by atoms with E-state index in [1.165, 1.54) is 0 Å². The van der Waals surface area contributed by atoms with Crippen LogP contribution in [0.2, 0.25) is 0 Å². The topological polar surface area (TPSA) is 77.1 Å². The van der Waals surface area contributed by atoms with Gasteiger partial charge in [0.2, 0.25) is 0 Å². The van der Waals surface area contributed by atoms with Gasteiger partial charge in [-0.05, 0) is 37.6 Å². The van der Waals surface area contributed by atoms with Gasteiger partial charge in [-0.1, -0.05) is 12.1 Å². The Hall–Kier alpha value is -3.48. The largest absolute Gasteiger partial charge is 0.306 e. The third-order valence-corrected chi connectivity index (χ3v) is 4.18. The van der Waals surface area contributed by atoms with E-state index in [0.29, 0.717) is 23.6 Å². The number of benzene rings is 1. The van der Waals surface area contributed by atoms with E-state index in [9.17, 15) is 4.79 Å². The first-order valence-electron chi connectivity index (χ1n) is 8.28. The first kappa shape index (κ1) is 16.0. The van der Waals surface area contributed by atoms with Crippen molar-refractivity contribution >= 4 is 17.4 Å². The molecule has 0 saturated heterocycles. The van der Waals surface area contributed by atoms with E-state index in [1.807, 2.05) is 42.8 Å². The van der Waals surface area contributed by atoms with Gasteiger partial charge >= 0.3 is 0 Å². The third kappa shape index (κ3) is 3.06. The van der Waals surface area contributed by atoms with E-state index in [0.717, 1.165) is 17.0 Å². The number of amides is 1. The maximum Gasteiger partial charge on any atom is 0.256 e. The summed E-state index contributed by atoms with van der Waals surface area (Å²) in [5.41, 5.74) is 4.37. The van der Waals surface area contributed by atoms with Crippen LogP contribution >= 0.6 is 0 Å². The Bertz CT molecular complexity index is 1090. The van der Waals surface area contributed by atoms with E-state index in [1.54, 1.807) is 35.3 Å². The van der Waals surface area contributed by atoms with Crippen molar-refractivity contribution in [1.82, 2.24) is 24.1 Å². The van der Waals surface area contributed by atoms with Crippen molar-refractivity contribution in [3.05, 3.63) is 77.6 Å². The highest BCUT2D eigenvalue weighted by atomic mass is 16.1. The van der Waals surface area contributed by atoms with Crippen molar-refractivity contribution < 1.29 is 4.79 Å². The van der Waals surface area contributed by atoms with Crippen LogP contribution in [-0.4, -0.2) is 30.1 Å². The van der Waals surface area contributed by atoms with Crippen LogP contribution in [0.4, 0.5) is 5.82 Å². The van der Waals surface area contributed by atoms with Gasteiger partial charge in [-0.3, -0.25) is 18.9 Å². The molecule has 130 valence electrons. The lowest BCUT2D eigenvalue weighted by Crippen LogP contribution is -2.14. The zero-order chi connectivity index (χ0) is 18.1. The summed E-state index contributed by atoms with van der Waals surface area (Å²) < 4.78 is 3.72. The molecule has 1 amide bonds. The molecule has 0 aliphatic heterocycles. The molecule has 0 radical (unpaired) electrons. The standard InChI is InChI=1S/C19H18N6O/c1-13-8-14(2)25(23-13)12-15-4-3-5-16(9-15)19(26)22-18-11-21-17-10-20-6-7-24(17)18/h3-11H,12H2,1-2H3,(H,22,26). The molecule has 3 heterocycles. The van der Waals surface area contributed by atoms with Crippen LogP contribution in [0.1, 0.15) is 27.3 Å². The molecular weight excluding hydrogens is 328 g/mol. The lowest BCUT2D eigenvalue weighted by atomic mass is 10.1. The molecule has 0 unspecified atom stereocenters. The first-order valence-corrected chi connectivity index (χ1v) is 8.28. The van der Waals surface area contributed by atoms with E-state index >= 15 is 0 Å². The molecule has 26 heavy (non-hydrogen) atoms. The Morgan fingerprint density at radius 1 is 1.19 bits per heavy atom. The van der Waals surface area contributed by atoms with Gasteiger partial charge in [0.15, 0.2) is 5.65 Å². The number of rotatable bonds is 4. The molecule has 1 aromatic carbocycles. The molecular formula is C19H18N6O. The van der Waals surface area contributed by atoms with Gasteiger partial charge in [0.25, 0.3) is 5.91 Å². The highest BCUT2D eigenvalue weighted by molar-refractivity contribution is 6.04. The maximum absolute atomic E-state index is 12.6. The van der Waals surface area contributed by atoms with Gasteiger partial charge in [0, 0.05) is 23.7 Å². The number of hydrogen-bond donors (Lipinski definition) is 1. The Balaban J connectivity index is 1.56. The number of hydrogen-bond acceptors (Lipinski definition) is 4. The predicted molar refractivity (Wildman–Crippen MR) is 98.2 cm³/mol. The number of aromatic nitrogens is 5. The highest BCUT2D eigenvalue weighted by Gasteiger charge is 2.11. The second kappa shape index (κ2) is 6.44. The molecule has 4 rings (SSSR count). The summed E-state index contributed by atoms with van der Waals surface area (Å²) in [6.07, 6.45) is 6.68. The summed E-state index contributed by atoms with van der Waals surface area (Å²) >= 11 is 0. The lowest BCUT2D eigenvalue weighted by molar-refractivity contribution is 0.102. The van der Waals surface area contributed by atoms with Gasteiger partial charge in [0.05, 0.1) is 24.6 Å². The van der Waals surface area contributed by atoms with Gasteiger partial charge in [0.1, 0.15) is 5.82 Å². The smallest absolute Gasteiger partial charge is 0.256 e. The predicted octanol–water partition coefficient (Wildman–Crippen LogP) is 2.84. The summed E-state index contributed by atoms with van der Waals surface area (Å²) in [7, 11) is 0. The van der Waals surface area contributed by atoms with Gasteiger partial charge in [-0.25, -0.2) is 4.98 Å². The first-order chi connectivity index (χ1) is 12.6. The van der Waals surface area contributed by atoms with Crippen molar-refractivity contribution in [2.24, 2.45) is 0 Å². The second-order valence-corrected chi connectivity index (χ2v) is 6.19. The Labute approximate surface area is 150 Å². The fourth-order valence-electron chi connectivity index (χ4n) is 2.94. The zero-order valence-electron chi connectivity index (χ0n) is 14.5. The average Bonchev–Trinajstić information content (AvgIpc) is 3.18. The third-order valence-electron chi connectivity index (χ3n) is 4.18. The SMILES string of the molecule is Cc1cc(C)n(Cc2cccc(C(=O)Nc3cnc4cnccn34)c2)n1. The Morgan fingerprint density at radius 3 is 2.88 bits per heavy atom. The molecule has 0 aliphatic rings. The molecule has 7 nitrogen and oxygen atoms in total. The number of fused-ring (bicyclic) bond motifs is 1. The number of imidazole rings is 1. The summed E-state index contributed by atoms with van der Waals surface area (Å²) in [6, 6.07) is 9.60. The molecule has 0 spiro atoms. The fourth-order valence-corrected chi connectivity index (χ4v) is 2.94. The van der Waals surface area contributed by atoms with Crippen LogP contribution in [0.25, 0.3) is 5.65 Å². The summed E-state index contributed by atoms with van der Waals surface area (Å²) in [6.45, 7) is 4.62. The summed E-state index contributed by atoms with van der Waals surface area (Å²) in [4.78, 5) is 20.9. The number of anilines is 1. The number of carbonyl (C=O) groups is 1. The average molecular weight is 346 g/mol. The van der Waals surface area contributed by atoms with Crippen LogP contribution in [0.3, 0.4) is 0 Å². The molecule has 0 atom stereocenters. The van der Waals surface area contributed by atoms with Crippen LogP contribution < -0.4 is 5.32 Å². The van der Waals surface area contributed by atoms with Crippen molar-refractivity contribution in [3.8, 4) is 0 Å². The number of nitrogens with zero attached hydrogens (tertiary/aromatic N) is 5. The minimum Gasteiger partial charge on any atom is -0.306 e. The van der Waals surface area contributed by atoms with Crippen molar-refractivity contribution in [2.45, 2.75) is 20.4 Å². The van der Waals surface area contributed by atoms with Crippen LogP contribution in [0.5, 0.6) is 0 Å². The van der Waals surface area contributed by atoms with Crippen molar-refractivity contribution in [1.29, 1.82) is 0 Å². The minimum absolute atomic E-state index is 0.182. The lowest BCUT2D eigenvalue weighted by Gasteiger charge is -2.08. The van der Waals surface area contributed by atoms with Crippen molar-refractivity contribution in [2.75, 3.05) is 5.32 Å². The molecule has 1 N–H and O–H groups in total. The minimum atomic E-state index is -0.182.